The van der Waals surface area contributed by atoms with Crippen molar-refractivity contribution < 1.29 is 8.83 Å². The summed E-state index contributed by atoms with van der Waals surface area (Å²) >= 11 is 0. The van der Waals surface area contributed by atoms with Crippen molar-refractivity contribution in [2.75, 3.05) is 0 Å². The fourth-order valence-corrected chi connectivity index (χ4v) is 2.12. The summed E-state index contributed by atoms with van der Waals surface area (Å²) in [6.07, 6.45) is 6.84. The number of nitrogens with zero attached hydrogens (tertiary/aromatic N) is 2. The molecule has 0 saturated carbocycles. The molecule has 0 unspecified atom stereocenters. The highest BCUT2D eigenvalue weighted by atomic mass is 16.3. The van der Waals surface area contributed by atoms with Crippen molar-refractivity contribution in [1.29, 1.82) is 0 Å². The molecule has 4 rings (SSSR count). The summed E-state index contributed by atoms with van der Waals surface area (Å²) in [5.74, 6) is 0. The van der Waals surface area contributed by atoms with E-state index in [4.69, 9.17) is 8.83 Å². The lowest BCUT2D eigenvalue weighted by molar-refractivity contribution is 0.603. The first-order valence-corrected chi connectivity index (χ1v) is 5.58. The van der Waals surface area contributed by atoms with Gasteiger partial charge in [0.1, 0.15) is 5.52 Å². The molecular formula is C14H8N2O2. The minimum Gasteiger partial charge on any atom is -0.463 e. The Hall–Kier alpha value is -2.62. The molecule has 4 heteroatoms. The van der Waals surface area contributed by atoms with Gasteiger partial charge in [-0.15, -0.1) is 0 Å². The van der Waals surface area contributed by atoms with Crippen molar-refractivity contribution in [3.63, 3.8) is 0 Å². The van der Waals surface area contributed by atoms with Gasteiger partial charge in [0.05, 0.1) is 12.5 Å². The molecule has 4 heterocycles. The number of hydrogen-bond donors (Lipinski definition) is 0. The van der Waals surface area contributed by atoms with E-state index in [0.29, 0.717) is 5.71 Å². The van der Waals surface area contributed by atoms with Gasteiger partial charge in [0.25, 0.3) is 0 Å². The van der Waals surface area contributed by atoms with Gasteiger partial charge in [-0.1, -0.05) is 0 Å². The normalized spacial score (nSPS) is 11.3. The van der Waals surface area contributed by atoms with E-state index >= 15 is 0 Å². The Morgan fingerprint density at radius 3 is 2.89 bits per heavy atom. The maximum absolute atomic E-state index is 5.37. The zero-order chi connectivity index (χ0) is 11.9. The van der Waals surface area contributed by atoms with Gasteiger partial charge < -0.3 is 8.83 Å². The summed E-state index contributed by atoms with van der Waals surface area (Å²) in [6, 6.07) is 7.68. The van der Waals surface area contributed by atoms with E-state index in [0.717, 1.165) is 27.6 Å². The highest BCUT2D eigenvalue weighted by molar-refractivity contribution is 5.93. The van der Waals surface area contributed by atoms with Crippen molar-refractivity contribution >= 4 is 22.2 Å². The summed E-state index contributed by atoms with van der Waals surface area (Å²) in [5.41, 5.74) is 4.30. The molecule has 0 fully saturated rings. The lowest BCUT2D eigenvalue weighted by atomic mass is 10.1. The van der Waals surface area contributed by atoms with Gasteiger partial charge in [-0.25, -0.2) is 4.98 Å². The number of furan rings is 2. The standard InChI is InChI=1S/C14H8N2O2/c1-4-15-14-11(2-5-18-14)10(1)9-7-13-12(16-8-9)3-6-17-13/h1-8H. The molecule has 0 atom stereocenters. The van der Waals surface area contributed by atoms with Gasteiger partial charge in [0, 0.05) is 29.4 Å². The average molecular weight is 236 g/mol. The molecule has 0 saturated heterocycles. The predicted octanol–water partition coefficient (Wildman–Crippen LogP) is 3.64. The lowest BCUT2D eigenvalue weighted by Gasteiger charge is -2.01. The molecule has 0 aliphatic heterocycles. The Bertz CT molecular complexity index is 845. The summed E-state index contributed by atoms with van der Waals surface area (Å²) in [5, 5.41) is 0.977. The van der Waals surface area contributed by atoms with Crippen LogP contribution in [0.1, 0.15) is 0 Å². The summed E-state index contributed by atoms with van der Waals surface area (Å²) in [4.78, 5) is 8.53. The van der Waals surface area contributed by atoms with E-state index in [9.17, 15) is 0 Å². The zero-order valence-corrected chi connectivity index (χ0v) is 9.33. The Labute approximate surface area is 102 Å². The van der Waals surface area contributed by atoms with E-state index in [1.807, 2.05) is 30.5 Å². The largest absolute Gasteiger partial charge is 0.463 e. The second-order valence-corrected chi connectivity index (χ2v) is 4.03. The average Bonchev–Trinajstić information content (AvgIpc) is 3.05. The summed E-state index contributed by atoms with van der Waals surface area (Å²) in [6.45, 7) is 0. The van der Waals surface area contributed by atoms with Crippen LogP contribution in [0.25, 0.3) is 33.3 Å². The van der Waals surface area contributed by atoms with Crippen LogP contribution in [0.5, 0.6) is 0 Å². The van der Waals surface area contributed by atoms with Crippen LogP contribution in [0.2, 0.25) is 0 Å². The topological polar surface area (TPSA) is 52.1 Å². The molecule has 4 aromatic rings. The van der Waals surface area contributed by atoms with Crippen LogP contribution in [-0.4, -0.2) is 9.97 Å². The van der Waals surface area contributed by atoms with Crippen molar-refractivity contribution in [3.05, 3.63) is 49.2 Å². The van der Waals surface area contributed by atoms with Crippen molar-refractivity contribution in [3.8, 4) is 11.1 Å². The highest BCUT2D eigenvalue weighted by Crippen LogP contribution is 2.29. The SMILES string of the molecule is c1cc(-c2cnc3ccoc3c2)c2ccoc2n1. The molecule has 0 aromatic carbocycles. The third kappa shape index (κ3) is 1.26. The number of hydrogen-bond acceptors (Lipinski definition) is 4. The molecular weight excluding hydrogens is 228 g/mol. The molecule has 4 nitrogen and oxygen atoms in total. The second-order valence-electron chi connectivity index (χ2n) is 4.03. The van der Waals surface area contributed by atoms with Gasteiger partial charge in [-0.05, 0) is 23.8 Å². The Balaban J connectivity index is 2.03. The number of fused-ring (bicyclic) bond motifs is 2. The quantitative estimate of drug-likeness (QED) is 0.506. The fraction of sp³-hybridized carbons (Fsp3) is 0. The van der Waals surface area contributed by atoms with Crippen molar-refractivity contribution in [2.24, 2.45) is 0 Å². The first kappa shape index (κ1) is 9.41. The van der Waals surface area contributed by atoms with E-state index in [2.05, 4.69) is 9.97 Å². The first-order valence-electron chi connectivity index (χ1n) is 5.58. The smallest absolute Gasteiger partial charge is 0.226 e. The predicted molar refractivity (Wildman–Crippen MR) is 67.0 cm³/mol. The summed E-state index contributed by atoms with van der Waals surface area (Å²) < 4.78 is 10.7. The fourth-order valence-electron chi connectivity index (χ4n) is 2.12. The maximum Gasteiger partial charge on any atom is 0.226 e. The van der Waals surface area contributed by atoms with Crippen LogP contribution in [-0.2, 0) is 0 Å². The first-order chi connectivity index (χ1) is 8.92. The minimum absolute atomic E-state index is 0.632. The Kier molecular flexibility index (Phi) is 1.80. The monoisotopic (exact) mass is 236 g/mol. The van der Waals surface area contributed by atoms with Crippen LogP contribution in [0.15, 0.2) is 58.0 Å². The molecule has 0 bridgehead atoms. The lowest BCUT2D eigenvalue weighted by Crippen LogP contribution is -1.83. The molecule has 0 N–H and O–H groups in total. The van der Waals surface area contributed by atoms with E-state index < -0.39 is 0 Å². The maximum atomic E-state index is 5.37. The third-order valence-corrected chi connectivity index (χ3v) is 2.98. The zero-order valence-electron chi connectivity index (χ0n) is 9.33. The van der Waals surface area contributed by atoms with E-state index in [1.54, 1.807) is 18.7 Å². The Morgan fingerprint density at radius 1 is 0.944 bits per heavy atom. The molecule has 0 aliphatic rings. The molecule has 0 spiro atoms. The van der Waals surface area contributed by atoms with Crippen LogP contribution in [0.3, 0.4) is 0 Å². The molecule has 86 valence electrons. The van der Waals surface area contributed by atoms with Gasteiger partial charge in [0.15, 0.2) is 5.58 Å². The Morgan fingerprint density at radius 2 is 1.89 bits per heavy atom. The van der Waals surface area contributed by atoms with Gasteiger partial charge in [-0.2, -0.15) is 0 Å². The molecule has 0 aliphatic carbocycles. The molecule has 0 radical (unpaired) electrons. The van der Waals surface area contributed by atoms with Crippen LogP contribution >= 0.6 is 0 Å². The van der Waals surface area contributed by atoms with Crippen molar-refractivity contribution in [1.82, 2.24) is 9.97 Å². The molecule has 0 amide bonds. The van der Waals surface area contributed by atoms with Gasteiger partial charge >= 0.3 is 0 Å². The van der Waals surface area contributed by atoms with Gasteiger partial charge in [-0.3, -0.25) is 4.98 Å². The van der Waals surface area contributed by atoms with Crippen LogP contribution in [0.4, 0.5) is 0 Å². The van der Waals surface area contributed by atoms with Gasteiger partial charge in [0.2, 0.25) is 5.71 Å². The molecule has 18 heavy (non-hydrogen) atoms. The van der Waals surface area contributed by atoms with Crippen molar-refractivity contribution in [2.45, 2.75) is 0 Å². The number of rotatable bonds is 1. The number of pyridine rings is 2. The van der Waals surface area contributed by atoms with E-state index in [-0.39, 0.29) is 0 Å². The minimum atomic E-state index is 0.632. The highest BCUT2D eigenvalue weighted by Gasteiger charge is 2.08. The summed E-state index contributed by atoms with van der Waals surface area (Å²) in [7, 11) is 0. The second kappa shape index (κ2) is 3.43. The third-order valence-electron chi connectivity index (χ3n) is 2.98. The number of aromatic nitrogens is 2. The van der Waals surface area contributed by atoms with Crippen LogP contribution in [0, 0.1) is 0 Å². The van der Waals surface area contributed by atoms with E-state index in [1.165, 1.54) is 0 Å². The van der Waals surface area contributed by atoms with Crippen LogP contribution < -0.4 is 0 Å². The molecule has 4 aromatic heterocycles.